The lowest BCUT2D eigenvalue weighted by molar-refractivity contribution is -0.143. The number of halogens is 9. The van der Waals surface area contributed by atoms with Gasteiger partial charge in [-0.25, -0.2) is 8.42 Å². The van der Waals surface area contributed by atoms with Gasteiger partial charge >= 0.3 is 18.5 Å². The summed E-state index contributed by atoms with van der Waals surface area (Å²) < 4.78 is 146. The van der Waals surface area contributed by atoms with Crippen molar-refractivity contribution in [2.75, 3.05) is 51.8 Å². The van der Waals surface area contributed by atoms with Gasteiger partial charge < -0.3 is 4.90 Å². The molecule has 2 aromatic rings. The van der Waals surface area contributed by atoms with E-state index in [-0.39, 0.29) is 17.4 Å². The predicted octanol–water partition coefficient (Wildman–Crippen LogP) is 6.38. The van der Waals surface area contributed by atoms with Gasteiger partial charge in [0.25, 0.3) is 0 Å². The molecule has 0 saturated carbocycles. The molecule has 0 bridgehead atoms. The van der Waals surface area contributed by atoms with Gasteiger partial charge in [-0.05, 0) is 53.4 Å². The largest absolute Gasteiger partial charge is 0.416 e. The van der Waals surface area contributed by atoms with Crippen LogP contribution in [0.25, 0.3) is 0 Å². The molecule has 0 aromatic heterocycles. The lowest BCUT2D eigenvalue weighted by Crippen LogP contribution is -2.48. The highest BCUT2D eigenvalue weighted by atomic mass is 32.2. The number of hydrogen-bond acceptors (Lipinski definition) is 6. The summed E-state index contributed by atoms with van der Waals surface area (Å²) in [5.74, 6) is -0.762. The molecule has 2 aromatic carbocycles. The second-order valence-corrected chi connectivity index (χ2v) is 13.6. The predicted molar refractivity (Wildman–Crippen MR) is 160 cm³/mol. The first-order valence-electron chi connectivity index (χ1n) is 14.7. The van der Waals surface area contributed by atoms with Crippen LogP contribution in [0.5, 0.6) is 0 Å². The van der Waals surface area contributed by atoms with Gasteiger partial charge in [0.15, 0.2) is 0 Å². The topological polar surface area (TPSA) is 104 Å². The van der Waals surface area contributed by atoms with Crippen LogP contribution < -0.4 is 5.43 Å². The van der Waals surface area contributed by atoms with Crippen molar-refractivity contribution in [1.82, 2.24) is 20.1 Å². The van der Waals surface area contributed by atoms with E-state index in [1.165, 1.54) is 13.1 Å². The van der Waals surface area contributed by atoms with Crippen molar-refractivity contribution in [1.29, 1.82) is 5.41 Å². The number of piperazine rings is 1. The van der Waals surface area contributed by atoms with Crippen molar-refractivity contribution in [3.05, 3.63) is 69.8 Å². The molecule has 0 aliphatic carbocycles. The van der Waals surface area contributed by atoms with E-state index >= 15 is 0 Å². The summed E-state index contributed by atoms with van der Waals surface area (Å²) in [6, 6.07) is 3.49. The normalized spacial score (nSPS) is 16.3. The summed E-state index contributed by atoms with van der Waals surface area (Å²) in [5.41, 5.74) is -2.00. The van der Waals surface area contributed by atoms with E-state index in [0.29, 0.717) is 56.8 Å². The van der Waals surface area contributed by atoms with Crippen LogP contribution in [0.1, 0.15) is 52.8 Å². The molecule has 0 amide bonds. The Morgan fingerprint density at radius 2 is 1.46 bits per heavy atom. The fourth-order valence-corrected chi connectivity index (χ4v) is 6.01. The van der Waals surface area contributed by atoms with Gasteiger partial charge in [0, 0.05) is 65.2 Å². The minimum Gasteiger partial charge on any atom is -0.331 e. The zero-order valence-corrected chi connectivity index (χ0v) is 27.1. The molecular weight excluding hydrogens is 681 g/mol. The van der Waals surface area contributed by atoms with Crippen LogP contribution in [0.3, 0.4) is 0 Å². The third-order valence-electron chi connectivity index (χ3n) is 7.77. The average Bonchev–Trinajstić information content (AvgIpc) is 2.98. The molecule has 1 aliphatic heterocycles. The van der Waals surface area contributed by atoms with Crippen molar-refractivity contribution in [3.8, 4) is 0 Å². The smallest absolute Gasteiger partial charge is 0.331 e. The molecule has 9 nitrogen and oxygen atoms in total. The van der Waals surface area contributed by atoms with Crippen LogP contribution in [-0.4, -0.2) is 80.9 Å². The van der Waals surface area contributed by atoms with E-state index in [0.717, 1.165) is 23.3 Å². The highest BCUT2D eigenvalue weighted by molar-refractivity contribution is 7.90. The summed E-state index contributed by atoms with van der Waals surface area (Å²) in [5, 5.41) is 15.4. The van der Waals surface area contributed by atoms with Crippen molar-refractivity contribution < 1.29 is 47.9 Å². The summed E-state index contributed by atoms with van der Waals surface area (Å²) in [4.78, 5) is 4.91. The molecule has 1 heterocycles. The van der Waals surface area contributed by atoms with Crippen LogP contribution in [0.4, 0.5) is 39.5 Å². The molecule has 0 spiro atoms. The highest BCUT2D eigenvalue weighted by Gasteiger charge is 2.38. The monoisotopic (exact) mass is 717 g/mol. The molecule has 1 fully saturated rings. The van der Waals surface area contributed by atoms with Gasteiger partial charge in [0.2, 0.25) is 5.96 Å². The highest BCUT2D eigenvalue weighted by Crippen LogP contribution is 2.38. The van der Waals surface area contributed by atoms with Crippen LogP contribution in [0, 0.1) is 5.41 Å². The first kappa shape index (κ1) is 39.0. The number of nitrogens with zero attached hydrogens (tertiary/aromatic N) is 5. The molecule has 1 atom stereocenters. The molecular formula is C29H36F9N7O2S. The zero-order chi connectivity index (χ0) is 36.1. The maximum Gasteiger partial charge on any atom is 0.416 e. The van der Waals surface area contributed by atoms with Gasteiger partial charge in [-0.2, -0.15) is 39.5 Å². The molecule has 48 heavy (non-hydrogen) atoms. The van der Waals surface area contributed by atoms with Gasteiger partial charge in [-0.3, -0.25) is 20.6 Å². The first-order chi connectivity index (χ1) is 22.1. The lowest BCUT2D eigenvalue weighted by atomic mass is 9.93. The number of benzene rings is 2. The number of nitrogens with one attached hydrogen (secondary N) is 2. The second-order valence-electron chi connectivity index (χ2n) is 11.4. The Morgan fingerprint density at radius 3 is 1.94 bits per heavy atom. The Labute approximate surface area is 272 Å². The average molecular weight is 718 g/mol. The van der Waals surface area contributed by atoms with Crippen molar-refractivity contribution in [3.63, 3.8) is 0 Å². The fourth-order valence-electron chi connectivity index (χ4n) is 5.42. The third-order valence-corrected chi connectivity index (χ3v) is 8.69. The lowest BCUT2D eigenvalue weighted by Gasteiger charge is -2.40. The fraction of sp³-hybridized carbons (Fsp3) is 0.552. The van der Waals surface area contributed by atoms with Crippen LogP contribution >= 0.6 is 0 Å². The van der Waals surface area contributed by atoms with E-state index in [9.17, 15) is 47.9 Å². The molecule has 3 rings (SSSR count). The van der Waals surface area contributed by atoms with Gasteiger partial charge in [0.1, 0.15) is 9.84 Å². The number of rotatable bonds is 11. The molecule has 2 N–H and O–H groups in total. The Balaban J connectivity index is 2.05. The Bertz CT molecular complexity index is 1520. The van der Waals surface area contributed by atoms with Crippen LogP contribution in [0.2, 0.25) is 0 Å². The molecule has 1 unspecified atom stereocenters. The second kappa shape index (κ2) is 15.4. The van der Waals surface area contributed by atoms with E-state index in [1.54, 1.807) is 0 Å². The van der Waals surface area contributed by atoms with E-state index in [4.69, 9.17) is 5.41 Å². The van der Waals surface area contributed by atoms with E-state index in [1.807, 2.05) is 16.7 Å². The molecule has 1 saturated heterocycles. The first-order valence-corrected chi connectivity index (χ1v) is 16.7. The molecule has 19 heteroatoms. The van der Waals surface area contributed by atoms with E-state index in [2.05, 4.69) is 15.8 Å². The standard InChI is InChI=1S/C29H36F9N7O2S/c1-4-25(44-9-7-43(8-10-44)11-12-48(3,46)47)24-6-5-21(27(30,31)32)15-20(24)18-45(26(39)41-42-40-2)17-19-13-22(28(33,34)35)16-23(14-19)29(36,37)38/h5-6,13-16,25H,4,7-12,17-18H2,1-3H3,(H2,39,40,41). The van der Waals surface area contributed by atoms with Gasteiger partial charge in [-0.1, -0.05) is 23.3 Å². The number of sulfone groups is 1. The van der Waals surface area contributed by atoms with Gasteiger partial charge in [0.05, 0.1) is 22.4 Å². The molecule has 1 aliphatic rings. The van der Waals surface area contributed by atoms with Crippen LogP contribution in [-0.2, 0) is 41.5 Å². The quantitative estimate of drug-likeness (QED) is 0.0920. The summed E-state index contributed by atoms with van der Waals surface area (Å²) >= 11 is 0. The number of guanidine groups is 1. The summed E-state index contributed by atoms with van der Waals surface area (Å²) in [7, 11) is -1.87. The zero-order valence-electron chi connectivity index (χ0n) is 26.3. The van der Waals surface area contributed by atoms with Crippen molar-refractivity contribution >= 4 is 15.8 Å². The Kier molecular flexibility index (Phi) is 12.5. The minimum absolute atomic E-state index is 0.0311. The molecule has 268 valence electrons. The van der Waals surface area contributed by atoms with Gasteiger partial charge in [-0.15, -0.1) is 0 Å². The van der Waals surface area contributed by atoms with E-state index < -0.39 is 75.7 Å². The summed E-state index contributed by atoms with van der Waals surface area (Å²) in [6.45, 7) is 2.71. The Hall–Kier alpha value is -3.45. The maximum atomic E-state index is 13.9. The Morgan fingerprint density at radius 1 is 0.896 bits per heavy atom. The third kappa shape index (κ3) is 11.0. The summed E-state index contributed by atoms with van der Waals surface area (Å²) in [6.07, 6.45) is -13.5. The van der Waals surface area contributed by atoms with Crippen molar-refractivity contribution in [2.24, 2.45) is 10.3 Å². The minimum atomic E-state index is -5.14. The number of hydrogen-bond donors (Lipinski definition) is 2. The van der Waals surface area contributed by atoms with Crippen molar-refractivity contribution in [2.45, 2.75) is 51.0 Å². The maximum absolute atomic E-state index is 13.9. The number of alkyl halides is 9. The SMILES string of the molecule is CCC(c1ccc(C(F)(F)F)cc1CN(Cc1cc(C(F)(F)F)cc(C(F)(F)F)c1)C(=N)/N=N\NC)N1CCN(CCS(C)(=O)=O)CC1. The van der Waals surface area contributed by atoms with Crippen LogP contribution in [0.15, 0.2) is 46.7 Å². The molecule has 0 radical (unpaired) electrons.